The van der Waals surface area contributed by atoms with Gasteiger partial charge in [0, 0.05) is 42.6 Å². The predicted molar refractivity (Wildman–Crippen MR) is 171 cm³/mol. The fourth-order valence-electron chi connectivity index (χ4n) is 5.14. The van der Waals surface area contributed by atoms with Crippen molar-refractivity contribution in [2.45, 2.75) is 12.8 Å². The van der Waals surface area contributed by atoms with Gasteiger partial charge in [-0.3, -0.25) is 4.99 Å². The molecule has 0 aliphatic carbocycles. The molecule has 0 radical (unpaired) electrons. The highest BCUT2D eigenvalue weighted by Crippen LogP contribution is 2.38. The molecule has 5 aromatic rings. The summed E-state index contributed by atoms with van der Waals surface area (Å²) in [6.45, 7) is 2.09. The van der Waals surface area contributed by atoms with E-state index in [4.69, 9.17) is 0 Å². The highest BCUT2D eigenvalue weighted by atomic mass is 32.1. The van der Waals surface area contributed by atoms with Crippen LogP contribution in [0.25, 0.3) is 27.6 Å². The van der Waals surface area contributed by atoms with E-state index in [1.54, 1.807) is 59.9 Å². The fraction of sp³-hybridized carbons (Fsp3) is 0.147. The number of amidine groups is 1. The summed E-state index contributed by atoms with van der Waals surface area (Å²) in [7, 11) is 2.09. The number of hydrogen-bond acceptors (Lipinski definition) is 7. The Hall–Kier alpha value is -5.15. The van der Waals surface area contributed by atoms with Gasteiger partial charge < -0.3 is 25.3 Å². The predicted octanol–water partition coefficient (Wildman–Crippen LogP) is 6.89. The molecule has 1 aromatic heterocycles. The van der Waals surface area contributed by atoms with Gasteiger partial charge in [-0.05, 0) is 63.7 Å². The minimum Gasteiger partial charge on any atom is -0.507 e. The average Bonchev–Trinajstić information content (AvgIpc) is 3.53. The number of likely N-dealkylation sites (N-methyl/N-ethyl adjacent to an activating group) is 1. The van der Waals surface area contributed by atoms with Crippen LogP contribution < -0.4 is 0 Å². The maximum absolute atomic E-state index is 11.6. The second-order valence-corrected chi connectivity index (χ2v) is 11.1. The molecule has 9 heteroatoms. The number of carbonyl (C=O) groups is 2. The first kappa shape index (κ1) is 29.3. The number of rotatable bonds is 6. The Balaban J connectivity index is 0.000000220. The summed E-state index contributed by atoms with van der Waals surface area (Å²) in [5.41, 5.74) is 0.112. The van der Waals surface area contributed by atoms with Crippen LogP contribution in [0.1, 0.15) is 43.1 Å². The Morgan fingerprint density at radius 3 is 1.88 bits per heavy atom. The lowest BCUT2D eigenvalue weighted by Crippen LogP contribution is -2.30. The molecule has 4 N–H and O–H groups in total. The average molecular weight is 595 g/mol. The van der Waals surface area contributed by atoms with E-state index < -0.39 is 23.4 Å². The van der Waals surface area contributed by atoms with Crippen LogP contribution in [0.3, 0.4) is 0 Å². The lowest BCUT2D eigenvalue weighted by molar-refractivity contribution is 0.0682. The zero-order valence-corrected chi connectivity index (χ0v) is 24.2. The molecule has 218 valence electrons. The minimum absolute atomic E-state index is 0.0407. The molecule has 0 fully saturated rings. The molecular weight excluding hydrogens is 564 g/mol. The first-order chi connectivity index (χ1) is 20.7. The molecule has 43 heavy (non-hydrogen) atoms. The normalized spacial score (nSPS) is 13.1. The third-order valence-corrected chi connectivity index (χ3v) is 8.16. The van der Waals surface area contributed by atoms with Gasteiger partial charge in [0.15, 0.2) is 0 Å². The van der Waals surface area contributed by atoms with E-state index in [1.165, 1.54) is 23.4 Å². The highest BCUT2D eigenvalue weighted by molar-refractivity contribution is 7.10. The number of nitrogens with zero attached hydrogens (tertiary/aromatic N) is 2. The summed E-state index contributed by atoms with van der Waals surface area (Å²) in [5, 5.41) is 44.9. The van der Waals surface area contributed by atoms with Gasteiger partial charge in [-0.1, -0.05) is 54.6 Å². The van der Waals surface area contributed by atoms with Crippen LogP contribution in [0, 0.1) is 0 Å². The molecule has 6 rings (SSSR count). The highest BCUT2D eigenvalue weighted by Gasteiger charge is 2.22. The molecule has 2 heterocycles. The number of benzene rings is 4. The van der Waals surface area contributed by atoms with E-state index in [0.29, 0.717) is 32.7 Å². The zero-order chi connectivity index (χ0) is 30.5. The van der Waals surface area contributed by atoms with E-state index in [9.17, 15) is 30.0 Å². The van der Waals surface area contributed by atoms with Crippen molar-refractivity contribution >= 4 is 56.7 Å². The summed E-state index contributed by atoms with van der Waals surface area (Å²) in [6.07, 6.45) is 5.37. The van der Waals surface area contributed by atoms with Crippen LogP contribution in [-0.2, 0) is 6.42 Å². The van der Waals surface area contributed by atoms with Gasteiger partial charge in [0.25, 0.3) is 0 Å². The SMILES string of the molecule is CN1CCCN=C1C=Cc1cccs1.O=C(O)c1cc2ccccc2c(Cc2c(O)c(C(=O)O)cc3ccccc23)c1O. The molecule has 0 amide bonds. The number of fused-ring (bicyclic) bond motifs is 2. The molecule has 4 aromatic carbocycles. The number of thiophene rings is 1. The number of aromatic hydroxyl groups is 2. The molecule has 0 unspecified atom stereocenters. The number of carboxylic acid groups (broad SMARTS) is 2. The van der Waals surface area contributed by atoms with Gasteiger partial charge in [-0.2, -0.15) is 0 Å². The Kier molecular flexibility index (Phi) is 8.73. The molecule has 0 saturated carbocycles. The smallest absolute Gasteiger partial charge is 0.339 e. The lowest BCUT2D eigenvalue weighted by Gasteiger charge is -2.22. The van der Waals surface area contributed by atoms with Crippen molar-refractivity contribution in [3.05, 3.63) is 111 Å². The van der Waals surface area contributed by atoms with Crippen molar-refractivity contribution in [2.24, 2.45) is 4.99 Å². The molecule has 0 bridgehead atoms. The van der Waals surface area contributed by atoms with E-state index >= 15 is 0 Å². The van der Waals surface area contributed by atoms with Crippen molar-refractivity contribution in [3.63, 3.8) is 0 Å². The van der Waals surface area contributed by atoms with Gasteiger partial charge in [-0.15, -0.1) is 11.3 Å². The number of carboxylic acids is 2. The third-order valence-electron chi connectivity index (χ3n) is 7.32. The number of aromatic carboxylic acids is 2. The Morgan fingerprint density at radius 2 is 1.40 bits per heavy atom. The van der Waals surface area contributed by atoms with Gasteiger partial charge in [0.2, 0.25) is 0 Å². The Labute approximate surface area is 252 Å². The van der Waals surface area contributed by atoms with Gasteiger partial charge in [0.1, 0.15) is 28.5 Å². The fourth-order valence-corrected chi connectivity index (χ4v) is 5.76. The van der Waals surface area contributed by atoms with Crippen LogP contribution in [0.4, 0.5) is 0 Å². The number of aliphatic imine (C=N–C) groups is 1. The summed E-state index contributed by atoms with van der Waals surface area (Å²) in [6, 6.07) is 21.0. The van der Waals surface area contributed by atoms with E-state index in [0.717, 1.165) is 18.9 Å². The second-order valence-electron chi connectivity index (χ2n) is 10.1. The van der Waals surface area contributed by atoms with Gasteiger partial charge >= 0.3 is 11.9 Å². The maximum atomic E-state index is 11.6. The van der Waals surface area contributed by atoms with Crippen molar-refractivity contribution in [1.29, 1.82) is 0 Å². The summed E-state index contributed by atoms with van der Waals surface area (Å²) in [5.74, 6) is -2.25. The van der Waals surface area contributed by atoms with Crippen molar-refractivity contribution in [2.75, 3.05) is 20.1 Å². The third kappa shape index (κ3) is 6.37. The quantitative estimate of drug-likeness (QED) is 0.168. The van der Waals surface area contributed by atoms with Gasteiger partial charge in [-0.25, -0.2) is 9.59 Å². The van der Waals surface area contributed by atoms with Crippen molar-refractivity contribution < 1.29 is 30.0 Å². The van der Waals surface area contributed by atoms with Gasteiger partial charge in [0.05, 0.1) is 0 Å². The zero-order valence-electron chi connectivity index (χ0n) is 23.4. The molecule has 0 atom stereocenters. The van der Waals surface area contributed by atoms with Crippen LogP contribution in [0.5, 0.6) is 11.5 Å². The first-order valence-corrected chi connectivity index (χ1v) is 14.5. The Morgan fingerprint density at radius 1 is 0.837 bits per heavy atom. The standard InChI is InChI=1S/C23H16O6.C11H14N2S/c24-20-16(14-7-3-1-5-12(14)9-18(20)22(26)27)11-17-15-8-4-2-6-13(15)10-19(21(17)25)23(28)29;1-13-8-3-7-12-11(13)6-5-10-4-2-9-14-10/h1-10,24-25H,11H2,(H,26,27)(H,28,29);2,4-6,9H,3,7-8H2,1H3. The molecular formula is C34H30N2O6S. The van der Waals surface area contributed by atoms with Crippen molar-refractivity contribution in [1.82, 2.24) is 4.90 Å². The first-order valence-electron chi connectivity index (χ1n) is 13.7. The molecule has 1 aliphatic rings. The van der Waals surface area contributed by atoms with Crippen molar-refractivity contribution in [3.8, 4) is 11.5 Å². The monoisotopic (exact) mass is 594 g/mol. The van der Waals surface area contributed by atoms with E-state index in [1.807, 2.05) is 0 Å². The van der Waals surface area contributed by atoms with Crippen LogP contribution in [0.2, 0.25) is 0 Å². The Bertz CT molecular complexity index is 1780. The molecule has 8 nitrogen and oxygen atoms in total. The summed E-state index contributed by atoms with van der Waals surface area (Å²) >= 11 is 1.75. The van der Waals surface area contributed by atoms with E-state index in [2.05, 4.69) is 46.6 Å². The molecule has 0 spiro atoms. The molecule has 1 aliphatic heterocycles. The summed E-state index contributed by atoms with van der Waals surface area (Å²) < 4.78 is 0. The number of phenols is 2. The summed E-state index contributed by atoms with van der Waals surface area (Å²) in [4.78, 5) is 31.2. The maximum Gasteiger partial charge on any atom is 0.339 e. The van der Waals surface area contributed by atoms with E-state index in [-0.39, 0.29) is 17.5 Å². The molecule has 0 saturated heterocycles. The number of hydrogen-bond donors (Lipinski definition) is 4. The van der Waals surface area contributed by atoms with Crippen LogP contribution in [-0.4, -0.2) is 63.2 Å². The lowest BCUT2D eigenvalue weighted by atomic mass is 9.90. The van der Waals surface area contributed by atoms with Crippen LogP contribution in [0.15, 0.2) is 89.2 Å². The topological polar surface area (TPSA) is 131 Å². The second kappa shape index (κ2) is 12.8. The minimum atomic E-state index is -1.28. The largest absolute Gasteiger partial charge is 0.507 e. The van der Waals surface area contributed by atoms with Crippen LogP contribution >= 0.6 is 11.3 Å².